The van der Waals surface area contributed by atoms with E-state index in [9.17, 15) is 4.79 Å². The average molecular weight is 340 g/mol. The molecule has 0 saturated heterocycles. The number of amides is 1. The molecule has 1 aliphatic rings. The molecule has 0 bridgehead atoms. The average Bonchev–Trinajstić information content (AvgIpc) is 3.06. The highest BCUT2D eigenvalue weighted by Gasteiger charge is 2.34. The number of nitrogens with zero attached hydrogens (tertiary/aromatic N) is 3. The highest BCUT2D eigenvalue weighted by Crippen LogP contribution is 2.35. The topological polar surface area (TPSA) is 72.1 Å². The van der Waals surface area contributed by atoms with Gasteiger partial charge in [0, 0.05) is 35.1 Å². The first-order valence-corrected chi connectivity index (χ1v) is 8.78. The first-order valence-electron chi connectivity index (χ1n) is 7.90. The van der Waals surface area contributed by atoms with Crippen LogP contribution in [0.4, 0.5) is 11.5 Å². The molecular weight excluding hydrogens is 320 g/mol. The van der Waals surface area contributed by atoms with Gasteiger partial charge in [-0.15, -0.1) is 17.9 Å². The van der Waals surface area contributed by atoms with Crippen molar-refractivity contribution in [2.24, 2.45) is 0 Å². The largest absolute Gasteiger partial charge is 0.398 e. The second-order valence-corrected chi connectivity index (χ2v) is 6.67. The number of rotatable bonds is 6. The lowest BCUT2D eigenvalue weighted by atomic mass is 9.90. The summed E-state index contributed by atoms with van der Waals surface area (Å²) in [7, 11) is 0. The third kappa shape index (κ3) is 2.97. The second kappa shape index (κ2) is 6.97. The third-order valence-corrected chi connectivity index (χ3v) is 5.09. The van der Waals surface area contributed by atoms with Crippen LogP contribution in [-0.4, -0.2) is 21.9 Å². The molecule has 0 spiro atoms. The molecule has 5 nitrogen and oxygen atoms in total. The molecule has 0 atom stereocenters. The minimum Gasteiger partial charge on any atom is -0.398 e. The summed E-state index contributed by atoms with van der Waals surface area (Å²) in [5, 5.41) is 2.47. The van der Waals surface area contributed by atoms with E-state index < -0.39 is 0 Å². The van der Waals surface area contributed by atoms with Crippen LogP contribution in [0.25, 0.3) is 5.57 Å². The molecule has 2 N–H and O–H groups in total. The lowest BCUT2D eigenvalue weighted by Gasteiger charge is -2.38. The number of nitrogens with two attached hydrogens (primary N) is 1. The number of aromatic nitrogens is 2. The fourth-order valence-electron chi connectivity index (χ4n) is 2.75. The van der Waals surface area contributed by atoms with Crippen LogP contribution in [0.15, 0.2) is 43.1 Å². The summed E-state index contributed by atoms with van der Waals surface area (Å²) in [6.07, 6.45) is 8.68. The van der Waals surface area contributed by atoms with E-state index in [1.807, 2.05) is 5.38 Å². The van der Waals surface area contributed by atoms with Crippen LogP contribution < -0.4 is 10.6 Å². The van der Waals surface area contributed by atoms with Gasteiger partial charge >= 0.3 is 0 Å². The van der Waals surface area contributed by atoms with Gasteiger partial charge < -0.3 is 5.73 Å². The van der Waals surface area contributed by atoms with Crippen molar-refractivity contribution in [2.75, 3.05) is 10.6 Å². The van der Waals surface area contributed by atoms with Crippen molar-refractivity contribution in [1.29, 1.82) is 0 Å². The fraction of sp³-hybridized carbons (Fsp3) is 0.278. The molecule has 3 rings (SSSR count). The van der Waals surface area contributed by atoms with Gasteiger partial charge in [0.1, 0.15) is 10.8 Å². The summed E-state index contributed by atoms with van der Waals surface area (Å²) >= 11 is 1.41. The third-order valence-electron chi connectivity index (χ3n) is 4.25. The Morgan fingerprint density at radius 3 is 2.79 bits per heavy atom. The summed E-state index contributed by atoms with van der Waals surface area (Å²) < 4.78 is 0. The molecule has 24 heavy (non-hydrogen) atoms. The monoisotopic (exact) mass is 340 g/mol. The van der Waals surface area contributed by atoms with Gasteiger partial charge in [0.05, 0.1) is 5.57 Å². The van der Waals surface area contributed by atoms with Crippen molar-refractivity contribution in [1.82, 2.24) is 9.97 Å². The maximum atomic E-state index is 13.1. The standard InChI is InChI=1S/C18H20N4OS/c1-3-5-14-15(19)8-9-20-16(14)22(13-6-4-7-13)18(23)12(2)17-21-10-11-24-17/h3,8-11,13H,1-2,4-7H2,(H2,19,20). The normalized spacial score (nSPS) is 14.0. The van der Waals surface area contributed by atoms with E-state index in [2.05, 4.69) is 23.1 Å². The van der Waals surface area contributed by atoms with Crippen LogP contribution in [-0.2, 0) is 11.2 Å². The van der Waals surface area contributed by atoms with Gasteiger partial charge in [-0.05, 0) is 31.7 Å². The number of hydrogen-bond donors (Lipinski definition) is 1. The van der Waals surface area contributed by atoms with Gasteiger partial charge in [-0.3, -0.25) is 9.69 Å². The Labute approximate surface area is 145 Å². The van der Waals surface area contributed by atoms with Crippen molar-refractivity contribution in [3.05, 3.63) is 53.6 Å². The molecule has 0 aliphatic heterocycles. The molecule has 0 radical (unpaired) electrons. The summed E-state index contributed by atoms with van der Waals surface area (Å²) in [6, 6.07) is 1.88. The first-order chi connectivity index (χ1) is 11.6. The van der Waals surface area contributed by atoms with Crippen molar-refractivity contribution < 1.29 is 4.79 Å². The zero-order chi connectivity index (χ0) is 17.1. The predicted octanol–water partition coefficient (Wildman–Crippen LogP) is 3.45. The molecule has 124 valence electrons. The number of carbonyl (C=O) groups is 1. The van der Waals surface area contributed by atoms with Gasteiger partial charge in [-0.1, -0.05) is 12.7 Å². The van der Waals surface area contributed by atoms with Crippen molar-refractivity contribution in [2.45, 2.75) is 31.7 Å². The van der Waals surface area contributed by atoms with Gasteiger partial charge in [0.15, 0.2) is 0 Å². The second-order valence-electron chi connectivity index (χ2n) is 5.77. The molecular formula is C18H20N4OS. The zero-order valence-corrected chi connectivity index (χ0v) is 14.3. The lowest BCUT2D eigenvalue weighted by Crippen LogP contribution is -2.45. The Balaban J connectivity index is 2.02. The Kier molecular flexibility index (Phi) is 4.76. The van der Waals surface area contributed by atoms with E-state index in [4.69, 9.17) is 5.73 Å². The highest BCUT2D eigenvalue weighted by molar-refractivity contribution is 7.11. The Morgan fingerprint density at radius 1 is 1.42 bits per heavy atom. The molecule has 0 aromatic carbocycles. The van der Waals surface area contributed by atoms with E-state index in [-0.39, 0.29) is 11.9 Å². The molecule has 1 aliphatic carbocycles. The summed E-state index contributed by atoms with van der Waals surface area (Å²) in [5.74, 6) is 0.459. The van der Waals surface area contributed by atoms with Gasteiger partial charge in [-0.25, -0.2) is 9.97 Å². The summed E-state index contributed by atoms with van der Waals surface area (Å²) in [5.41, 5.74) is 7.97. The van der Waals surface area contributed by atoms with Crippen molar-refractivity contribution in [3.8, 4) is 0 Å². The van der Waals surface area contributed by atoms with Crippen LogP contribution >= 0.6 is 11.3 Å². The number of carbonyl (C=O) groups excluding carboxylic acids is 1. The van der Waals surface area contributed by atoms with E-state index in [0.29, 0.717) is 28.5 Å². The van der Waals surface area contributed by atoms with E-state index in [1.54, 1.807) is 29.4 Å². The van der Waals surface area contributed by atoms with Gasteiger partial charge in [-0.2, -0.15) is 0 Å². The van der Waals surface area contributed by atoms with Crippen LogP contribution in [0.2, 0.25) is 0 Å². The Morgan fingerprint density at radius 2 is 2.21 bits per heavy atom. The lowest BCUT2D eigenvalue weighted by molar-refractivity contribution is -0.114. The number of nitrogen functional groups attached to an aromatic ring is 1. The molecule has 2 aromatic rings. The van der Waals surface area contributed by atoms with E-state index in [0.717, 1.165) is 24.8 Å². The molecule has 2 aromatic heterocycles. The predicted molar refractivity (Wildman–Crippen MR) is 98.8 cm³/mol. The van der Waals surface area contributed by atoms with Gasteiger partial charge in [0.25, 0.3) is 5.91 Å². The minimum absolute atomic E-state index is 0.132. The van der Waals surface area contributed by atoms with Gasteiger partial charge in [0.2, 0.25) is 0 Å². The van der Waals surface area contributed by atoms with E-state index >= 15 is 0 Å². The molecule has 1 saturated carbocycles. The Hall–Kier alpha value is -2.47. The zero-order valence-electron chi connectivity index (χ0n) is 13.4. The summed E-state index contributed by atoms with van der Waals surface area (Å²) in [4.78, 5) is 23.6. The first kappa shape index (κ1) is 16.4. The molecule has 6 heteroatoms. The number of thiazole rings is 1. The maximum absolute atomic E-state index is 13.1. The quantitative estimate of drug-likeness (QED) is 0.646. The van der Waals surface area contributed by atoms with Crippen LogP contribution in [0.3, 0.4) is 0 Å². The van der Waals surface area contributed by atoms with Crippen molar-refractivity contribution >= 4 is 34.3 Å². The van der Waals surface area contributed by atoms with Crippen molar-refractivity contribution in [3.63, 3.8) is 0 Å². The SMILES string of the molecule is C=CCc1c(N)ccnc1N(C(=O)C(=C)c1nccs1)C1CCC1. The van der Waals surface area contributed by atoms with Crippen LogP contribution in [0.1, 0.15) is 29.8 Å². The van der Waals surface area contributed by atoms with E-state index in [1.165, 1.54) is 11.3 Å². The highest BCUT2D eigenvalue weighted by atomic mass is 32.1. The maximum Gasteiger partial charge on any atom is 0.262 e. The molecule has 0 unspecified atom stereocenters. The molecule has 2 heterocycles. The Bertz CT molecular complexity index is 765. The summed E-state index contributed by atoms with van der Waals surface area (Å²) in [6.45, 7) is 7.74. The number of pyridine rings is 1. The fourth-order valence-corrected chi connectivity index (χ4v) is 3.35. The van der Waals surface area contributed by atoms with Crippen LogP contribution in [0, 0.1) is 0 Å². The number of anilines is 2. The number of hydrogen-bond acceptors (Lipinski definition) is 5. The molecule has 1 fully saturated rings. The van der Waals surface area contributed by atoms with Crippen LogP contribution in [0.5, 0.6) is 0 Å². The minimum atomic E-state index is -0.155. The number of allylic oxidation sites excluding steroid dienone is 1. The smallest absolute Gasteiger partial charge is 0.262 e. The molecule has 1 amide bonds.